The number of carbonyl (C=O) groups is 2. The maximum absolute atomic E-state index is 14.4. The van der Waals surface area contributed by atoms with Gasteiger partial charge in [0.2, 0.25) is 0 Å². The SMILES string of the molecule is CCCCN(Cc1ccc(C(F)(F)F)cc1F)C(=O)COc1cccc(CCOc2ccccc2C(=O)OC)c1. The second-order valence-electron chi connectivity index (χ2n) is 9.00. The lowest BCUT2D eigenvalue weighted by atomic mass is 10.1. The van der Waals surface area contributed by atoms with Crippen molar-refractivity contribution >= 4 is 11.9 Å². The van der Waals surface area contributed by atoms with E-state index in [0.717, 1.165) is 24.1 Å². The number of halogens is 4. The molecule has 3 rings (SSSR count). The van der Waals surface area contributed by atoms with Crippen molar-refractivity contribution in [1.29, 1.82) is 0 Å². The Morgan fingerprint density at radius 2 is 1.73 bits per heavy atom. The van der Waals surface area contributed by atoms with E-state index in [0.29, 0.717) is 42.5 Å². The molecule has 0 unspecified atom stereocenters. The van der Waals surface area contributed by atoms with E-state index in [-0.39, 0.29) is 25.3 Å². The van der Waals surface area contributed by atoms with E-state index < -0.39 is 29.4 Å². The van der Waals surface area contributed by atoms with Crippen molar-refractivity contribution in [1.82, 2.24) is 4.90 Å². The molecular weight excluding hydrogens is 530 g/mol. The first-order valence-electron chi connectivity index (χ1n) is 12.8. The number of ether oxygens (including phenoxy) is 3. The monoisotopic (exact) mass is 561 g/mol. The first-order chi connectivity index (χ1) is 19.1. The van der Waals surface area contributed by atoms with Crippen LogP contribution >= 0.6 is 0 Å². The smallest absolute Gasteiger partial charge is 0.416 e. The highest BCUT2D eigenvalue weighted by molar-refractivity contribution is 5.92. The Hall–Kier alpha value is -4.08. The molecule has 0 atom stereocenters. The van der Waals surface area contributed by atoms with Gasteiger partial charge in [0.15, 0.2) is 6.61 Å². The molecule has 3 aromatic rings. The summed E-state index contributed by atoms with van der Waals surface area (Å²) in [4.78, 5) is 26.2. The predicted octanol–water partition coefficient (Wildman–Crippen LogP) is 6.46. The predicted molar refractivity (Wildman–Crippen MR) is 141 cm³/mol. The van der Waals surface area contributed by atoms with Crippen LogP contribution in [0.15, 0.2) is 66.7 Å². The zero-order chi connectivity index (χ0) is 29.1. The van der Waals surface area contributed by atoms with Crippen LogP contribution in [0, 0.1) is 5.82 Å². The Kier molecular flexibility index (Phi) is 10.9. The number of amides is 1. The fourth-order valence-electron chi connectivity index (χ4n) is 3.88. The highest BCUT2D eigenvalue weighted by Crippen LogP contribution is 2.30. The Balaban J connectivity index is 1.59. The zero-order valence-electron chi connectivity index (χ0n) is 22.3. The fourth-order valence-corrected chi connectivity index (χ4v) is 3.88. The van der Waals surface area contributed by atoms with Crippen LogP contribution in [0.2, 0.25) is 0 Å². The van der Waals surface area contributed by atoms with Crippen LogP contribution in [-0.4, -0.2) is 43.6 Å². The molecule has 0 radical (unpaired) electrons. The van der Waals surface area contributed by atoms with Gasteiger partial charge in [-0.2, -0.15) is 13.2 Å². The van der Waals surface area contributed by atoms with Crippen LogP contribution in [0.25, 0.3) is 0 Å². The van der Waals surface area contributed by atoms with Gasteiger partial charge in [-0.05, 0) is 48.4 Å². The van der Waals surface area contributed by atoms with Gasteiger partial charge in [-0.25, -0.2) is 9.18 Å². The van der Waals surface area contributed by atoms with Crippen LogP contribution in [0.4, 0.5) is 17.6 Å². The molecule has 0 fully saturated rings. The fraction of sp³-hybridized carbons (Fsp3) is 0.333. The zero-order valence-corrected chi connectivity index (χ0v) is 22.3. The van der Waals surface area contributed by atoms with E-state index >= 15 is 0 Å². The minimum absolute atomic E-state index is 0.00627. The number of carbonyl (C=O) groups excluding carboxylic acids is 2. The maximum Gasteiger partial charge on any atom is 0.416 e. The summed E-state index contributed by atoms with van der Waals surface area (Å²) in [6, 6.07) is 16.1. The van der Waals surface area contributed by atoms with Crippen molar-refractivity contribution in [3.8, 4) is 11.5 Å². The molecule has 214 valence electrons. The molecule has 6 nitrogen and oxygen atoms in total. The Bertz CT molecular complexity index is 1300. The first-order valence-corrected chi connectivity index (χ1v) is 12.8. The Morgan fingerprint density at radius 3 is 2.42 bits per heavy atom. The molecule has 0 heterocycles. The molecule has 3 aromatic carbocycles. The number of hydrogen-bond donors (Lipinski definition) is 0. The summed E-state index contributed by atoms with van der Waals surface area (Å²) < 4.78 is 69.3. The molecule has 0 aliphatic heterocycles. The molecule has 0 spiro atoms. The topological polar surface area (TPSA) is 65.1 Å². The number of hydrogen-bond acceptors (Lipinski definition) is 5. The summed E-state index contributed by atoms with van der Waals surface area (Å²) in [5, 5.41) is 0. The summed E-state index contributed by atoms with van der Waals surface area (Å²) >= 11 is 0. The van der Waals surface area contributed by atoms with Crippen molar-refractivity contribution in [3.05, 3.63) is 94.8 Å². The summed E-state index contributed by atoms with van der Waals surface area (Å²) in [6.45, 7) is 2.03. The highest BCUT2D eigenvalue weighted by atomic mass is 19.4. The maximum atomic E-state index is 14.4. The lowest BCUT2D eigenvalue weighted by Crippen LogP contribution is -2.35. The van der Waals surface area contributed by atoms with Crippen LogP contribution < -0.4 is 9.47 Å². The van der Waals surface area contributed by atoms with E-state index in [2.05, 4.69) is 0 Å². The molecule has 1 amide bonds. The van der Waals surface area contributed by atoms with Crippen LogP contribution in [0.1, 0.15) is 46.8 Å². The quantitative estimate of drug-likeness (QED) is 0.177. The molecule has 0 N–H and O–H groups in total. The third-order valence-electron chi connectivity index (χ3n) is 6.08. The lowest BCUT2D eigenvalue weighted by Gasteiger charge is -2.23. The van der Waals surface area contributed by atoms with Gasteiger partial charge in [0.25, 0.3) is 5.91 Å². The highest BCUT2D eigenvalue weighted by Gasteiger charge is 2.31. The number of rotatable bonds is 13. The normalized spacial score (nSPS) is 11.2. The van der Waals surface area contributed by atoms with Gasteiger partial charge in [0, 0.05) is 25.1 Å². The van der Waals surface area contributed by atoms with Gasteiger partial charge in [0.05, 0.1) is 19.3 Å². The molecule has 0 bridgehead atoms. The van der Waals surface area contributed by atoms with Crippen molar-refractivity contribution in [2.45, 2.75) is 38.9 Å². The number of methoxy groups -OCH3 is 1. The third kappa shape index (κ3) is 8.72. The summed E-state index contributed by atoms with van der Waals surface area (Å²) in [7, 11) is 1.30. The van der Waals surface area contributed by atoms with E-state index in [1.807, 2.05) is 13.0 Å². The van der Waals surface area contributed by atoms with E-state index in [4.69, 9.17) is 14.2 Å². The van der Waals surface area contributed by atoms with E-state index in [1.54, 1.807) is 42.5 Å². The molecule has 0 saturated carbocycles. The van der Waals surface area contributed by atoms with Gasteiger partial charge in [-0.3, -0.25) is 4.79 Å². The Morgan fingerprint density at radius 1 is 0.950 bits per heavy atom. The molecule has 0 saturated heterocycles. The van der Waals surface area contributed by atoms with Crippen molar-refractivity contribution in [2.24, 2.45) is 0 Å². The second kappa shape index (κ2) is 14.3. The van der Waals surface area contributed by atoms with Crippen molar-refractivity contribution in [2.75, 3.05) is 26.9 Å². The number of para-hydroxylation sites is 1. The second-order valence-corrected chi connectivity index (χ2v) is 9.00. The molecule has 40 heavy (non-hydrogen) atoms. The summed E-state index contributed by atoms with van der Waals surface area (Å²) in [6.07, 6.45) is -2.74. The minimum Gasteiger partial charge on any atom is -0.492 e. The van der Waals surface area contributed by atoms with Gasteiger partial charge >= 0.3 is 12.1 Å². The molecular formula is C30H31F4NO5. The molecule has 0 aliphatic rings. The van der Waals surface area contributed by atoms with Crippen molar-refractivity contribution < 1.29 is 41.4 Å². The van der Waals surface area contributed by atoms with Gasteiger partial charge in [-0.1, -0.05) is 43.7 Å². The lowest BCUT2D eigenvalue weighted by molar-refractivity contribution is -0.138. The number of alkyl halides is 3. The Labute approximate surface area is 230 Å². The standard InChI is InChI=1S/C30H31F4NO5/c1-3-4-15-35(19-22-12-13-23(18-26(22)31)30(32,33)34)28(36)20-40-24-9-7-8-21(17-24)14-16-39-27-11-6-5-10-25(27)29(37)38-2/h5-13,17-18H,3-4,14-16,19-20H2,1-2H3. The summed E-state index contributed by atoms with van der Waals surface area (Å²) in [5.74, 6) is -1.08. The van der Waals surface area contributed by atoms with Crippen LogP contribution in [0.5, 0.6) is 11.5 Å². The molecule has 0 aliphatic carbocycles. The average Bonchev–Trinajstić information content (AvgIpc) is 2.94. The minimum atomic E-state index is -4.65. The largest absolute Gasteiger partial charge is 0.492 e. The number of esters is 1. The molecule has 0 aromatic heterocycles. The third-order valence-corrected chi connectivity index (χ3v) is 6.08. The van der Waals surface area contributed by atoms with Gasteiger partial charge < -0.3 is 19.1 Å². The number of unbranched alkanes of at least 4 members (excludes halogenated alkanes) is 1. The number of nitrogens with zero attached hydrogens (tertiary/aromatic N) is 1. The van der Waals surface area contributed by atoms with Crippen LogP contribution in [0.3, 0.4) is 0 Å². The van der Waals surface area contributed by atoms with Crippen LogP contribution in [-0.2, 0) is 28.7 Å². The molecule has 10 heteroatoms. The van der Waals surface area contributed by atoms with E-state index in [9.17, 15) is 27.2 Å². The van der Waals surface area contributed by atoms with E-state index in [1.165, 1.54) is 12.0 Å². The average molecular weight is 562 g/mol. The first kappa shape index (κ1) is 30.5. The van der Waals surface area contributed by atoms with Gasteiger partial charge in [0.1, 0.15) is 22.9 Å². The summed E-state index contributed by atoms with van der Waals surface area (Å²) in [5.41, 5.74) is 0.106. The van der Waals surface area contributed by atoms with Gasteiger partial charge in [-0.15, -0.1) is 0 Å². The van der Waals surface area contributed by atoms with Crippen molar-refractivity contribution in [3.63, 3.8) is 0 Å². The number of benzene rings is 3.